The van der Waals surface area contributed by atoms with Gasteiger partial charge in [0.1, 0.15) is 5.69 Å². The lowest BCUT2D eigenvalue weighted by Gasteiger charge is -2.17. The Hall–Kier alpha value is -1.96. The van der Waals surface area contributed by atoms with Crippen LogP contribution in [0.25, 0.3) is 0 Å². The maximum absolute atomic E-state index is 12.1. The highest BCUT2D eigenvalue weighted by Crippen LogP contribution is 2.21. The molecule has 1 aromatic heterocycles. The quantitative estimate of drug-likeness (QED) is 0.440. The standard InChI is InChI=1S/C13H23N5O3/c1-5-17(6-2)9-7-8-14-13(19)12-11(18(20)21)10(3)15-16(12)4/h5-9H2,1-4H3,(H,14,19). The van der Waals surface area contributed by atoms with Crippen molar-refractivity contribution in [3.8, 4) is 0 Å². The Bertz CT molecular complexity index is 508. The molecule has 0 aromatic carbocycles. The Morgan fingerprint density at radius 1 is 1.43 bits per heavy atom. The Balaban J connectivity index is 2.63. The van der Waals surface area contributed by atoms with Gasteiger partial charge in [-0.25, -0.2) is 0 Å². The molecule has 0 atom stereocenters. The van der Waals surface area contributed by atoms with Crippen molar-refractivity contribution in [3.63, 3.8) is 0 Å². The lowest BCUT2D eigenvalue weighted by atomic mass is 10.3. The zero-order chi connectivity index (χ0) is 16.0. The number of amides is 1. The van der Waals surface area contributed by atoms with Crippen molar-refractivity contribution in [1.82, 2.24) is 20.0 Å². The van der Waals surface area contributed by atoms with E-state index in [9.17, 15) is 14.9 Å². The average molecular weight is 297 g/mol. The minimum atomic E-state index is -0.562. The molecule has 8 heteroatoms. The van der Waals surface area contributed by atoms with E-state index in [2.05, 4.69) is 29.2 Å². The number of nitrogens with one attached hydrogen (secondary N) is 1. The van der Waals surface area contributed by atoms with Crippen LogP contribution in [0.15, 0.2) is 0 Å². The monoisotopic (exact) mass is 297 g/mol. The normalized spacial score (nSPS) is 10.9. The second-order valence-electron chi connectivity index (χ2n) is 4.80. The predicted molar refractivity (Wildman–Crippen MR) is 79.3 cm³/mol. The molecule has 0 aliphatic carbocycles. The molecule has 0 aliphatic heterocycles. The lowest BCUT2D eigenvalue weighted by molar-refractivity contribution is -0.385. The summed E-state index contributed by atoms with van der Waals surface area (Å²) in [6.07, 6.45) is 0.804. The molecule has 118 valence electrons. The molecule has 21 heavy (non-hydrogen) atoms. The van der Waals surface area contributed by atoms with Crippen molar-refractivity contribution in [3.05, 3.63) is 21.5 Å². The average Bonchev–Trinajstić information content (AvgIpc) is 2.73. The van der Waals surface area contributed by atoms with Crippen molar-refractivity contribution >= 4 is 11.6 Å². The van der Waals surface area contributed by atoms with E-state index in [1.165, 1.54) is 18.7 Å². The van der Waals surface area contributed by atoms with E-state index in [-0.39, 0.29) is 17.1 Å². The maximum atomic E-state index is 12.1. The van der Waals surface area contributed by atoms with Gasteiger partial charge in [-0.3, -0.25) is 19.6 Å². The topological polar surface area (TPSA) is 93.3 Å². The predicted octanol–water partition coefficient (Wildman–Crippen LogP) is 1.10. The molecule has 0 bridgehead atoms. The summed E-state index contributed by atoms with van der Waals surface area (Å²) < 4.78 is 1.26. The number of hydrogen-bond donors (Lipinski definition) is 1. The molecule has 0 fully saturated rings. The van der Waals surface area contributed by atoms with Crippen molar-refractivity contribution in [2.24, 2.45) is 7.05 Å². The zero-order valence-corrected chi connectivity index (χ0v) is 13.0. The van der Waals surface area contributed by atoms with Crippen molar-refractivity contribution in [2.75, 3.05) is 26.2 Å². The fraction of sp³-hybridized carbons (Fsp3) is 0.692. The molecule has 0 saturated carbocycles. The highest BCUT2D eigenvalue weighted by molar-refractivity contribution is 5.96. The minimum absolute atomic E-state index is 0.000314. The fourth-order valence-electron chi connectivity index (χ4n) is 2.25. The van der Waals surface area contributed by atoms with Gasteiger partial charge < -0.3 is 10.2 Å². The number of aromatic nitrogens is 2. The van der Waals surface area contributed by atoms with Gasteiger partial charge in [0.2, 0.25) is 5.69 Å². The molecule has 1 aromatic rings. The Labute approximate surface area is 124 Å². The third kappa shape index (κ3) is 4.25. The van der Waals surface area contributed by atoms with Crippen LogP contribution in [0.4, 0.5) is 5.69 Å². The van der Waals surface area contributed by atoms with E-state index in [1.54, 1.807) is 0 Å². The van der Waals surface area contributed by atoms with Gasteiger partial charge in [0.15, 0.2) is 0 Å². The SMILES string of the molecule is CCN(CC)CCCNC(=O)c1c([N+](=O)[O-])c(C)nn1C. The third-order valence-corrected chi connectivity index (χ3v) is 3.42. The van der Waals surface area contributed by atoms with Crippen LogP contribution >= 0.6 is 0 Å². The molecular weight excluding hydrogens is 274 g/mol. The number of carbonyl (C=O) groups excluding carboxylic acids is 1. The van der Waals surface area contributed by atoms with Gasteiger partial charge in [0.25, 0.3) is 5.91 Å². The molecule has 0 aliphatic rings. The Kier molecular flexibility index (Phi) is 6.29. The summed E-state index contributed by atoms with van der Waals surface area (Å²) in [6.45, 7) is 9.01. The van der Waals surface area contributed by atoms with E-state index in [4.69, 9.17) is 0 Å². The molecule has 0 radical (unpaired) electrons. The van der Waals surface area contributed by atoms with Crippen molar-refractivity contribution in [1.29, 1.82) is 0 Å². The summed E-state index contributed by atoms with van der Waals surface area (Å²) in [4.78, 5) is 24.8. The van der Waals surface area contributed by atoms with Crippen molar-refractivity contribution in [2.45, 2.75) is 27.2 Å². The van der Waals surface area contributed by atoms with Gasteiger partial charge in [-0.1, -0.05) is 13.8 Å². The van der Waals surface area contributed by atoms with Gasteiger partial charge in [-0.15, -0.1) is 0 Å². The van der Waals surface area contributed by atoms with E-state index in [1.807, 2.05) is 0 Å². The number of rotatable bonds is 8. The van der Waals surface area contributed by atoms with Crippen LogP contribution < -0.4 is 5.32 Å². The first-order valence-corrected chi connectivity index (χ1v) is 7.10. The summed E-state index contributed by atoms with van der Waals surface area (Å²) in [5.74, 6) is -0.454. The molecule has 1 amide bonds. The Morgan fingerprint density at radius 3 is 2.57 bits per heavy atom. The van der Waals surface area contributed by atoms with E-state index in [0.717, 1.165) is 26.1 Å². The number of hydrogen-bond acceptors (Lipinski definition) is 5. The number of carbonyl (C=O) groups is 1. The zero-order valence-electron chi connectivity index (χ0n) is 13.0. The van der Waals surface area contributed by atoms with Gasteiger partial charge in [-0.2, -0.15) is 5.10 Å². The van der Waals surface area contributed by atoms with Gasteiger partial charge in [-0.05, 0) is 33.0 Å². The van der Waals surface area contributed by atoms with Crippen LogP contribution in [0.1, 0.15) is 36.5 Å². The van der Waals surface area contributed by atoms with E-state index < -0.39 is 10.8 Å². The molecule has 0 spiro atoms. The molecule has 1 N–H and O–H groups in total. The van der Waals surface area contributed by atoms with Crippen molar-refractivity contribution < 1.29 is 9.72 Å². The Morgan fingerprint density at radius 2 is 2.05 bits per heavy atom. The van der Waals surface area contributed by atoms with Gasteiger partial charge >= 0.3 is 5.69 Å². The summed E-state index contributed by atoms with van der Waals surface area (Å²) >= 11 is 0. The van der Waals surface area contributed by atoms with Crippen LogP contribution in [0, 0.1) is 17.0 Å². The first kappa shape index (κ1) is 17.1. The number of nitrogens with zero attached hydrogens (tertiary/aromatic N) is 4. The maximum Gasteiger partial charge on any atom is 0.322 e. The molecule has 1 rings (SSSR count). The molecular formula is C13H23N5O3. The second-order valence-corrected chi connectivity index (χ2v) is 4.80. The molecule has 1 heterocycles. The first-order valence-electron chi connectivity index (χ1n) is 7.10. The molecule has 8 nitrogen and oxygen atoms in total. The number of aryl methyl sites for hydroxylation is 2. The van der Waals surface area contributed by atoms with Gasteiger partial charge in [0.05, 0.1) is 4.92 Å². The summed E-state index contributed by atoms with van der Waals surface area (Å²) in [5, 5.41) is 17.7. The number of nitro groups is 1. The smallest absolute Gasteiger partial charge is 0.322 e. The molecule has 0 unspecified atom stereocenters. The molecule has 0 saturated heterocycles. The van der Waals surface area contributed by atoms with Crippen LogP contribution in [-0.4, -0.2) is 51.7 Å². The highest BCUT2D eigenvalue weighted by Gasteiger charge is 2.28. The van der Waals surface area contributed by atoms with Crippen LogP contribution in [0.2, 0.25) is 0 Å². The summed E-state index contributed by atoms with van der Waals surface area (Å²) in [5.41, 5.74) is 0.0230. The first-order chi connectivity index (χ1) is 9.92. The largest absolute Gasteiger partial charge is 0.350 e. The lowest BCUT2D eigenvalue weighted by Crippen LogP contribution is -2.31. The minimum Gasteiger partial charge on any atom is -0.350 e. The van der Waals surface area contributed by atoms with E-state index >= 15 is 0 Å². The fourth-order valence-corrected chi connectivity index (χ4v) is 2.25. The second kappa shape index (κ2) is 7.72. The van der Waals surface area contributed by atoms with E-state index in [0.29, 0.717) is 6.54 Å². The van der Waals surface area contributed by atoms with Crippen LogP contribution in [-0.2, 0) is 7.05 Å². The third-order valence-electron chi connectivity index (χ3n) is 3.42. The van der Waals surface area contributed by atoms with Gasteiger partial charge in [0, 0.05) is 13.6 Å². The summed E-state index contributed by atoms with van der Waals surface area (Å²) in [7, 11) is 1.53. The van der Waals surface area contributed by atoms with Crippen LogP contribution in [0.3, 0.4) is 0 Å². The summed E-state index contributed by atoms with van der Waals surface area (Å²) in [6, 6.07) is 0. The van der Waals surface area contributed by atoms with Crippen LogP contribution in [0.5, 0.6) is 0 Å². The highest BCUT2D eigenvalue weighted by atomic mass is 16.6.